The molecule has 2 unspecified atom stereocenters. The van der Waals surface area contributed by atoms with Gasteiger partial charge in [0.1, 0.15) is 17.7 Å². The summed E-state index contributed by atoms with van der Waals surface area (Å²) in [6.07, 6.45) is -0.173. The van der Waals surface area contributed by atoms with E-state index in [1.807, 2.05) is 13.8 Å². The molecule has 1 rings (SSSR count). The van der Waals surface area contributed by atoms with Crippen molar-refractivity contribution in [2.45, 2.75) is 46.1 Å². The number of carbonyl (C=O) groups is 1. The van der Waals surface area contributed by atoms with Gasteiger partial charge in [0.15, 0.2) is 0 Å². The van der Waals surface area contributed by atoms with Gasteiger partial charge in [-0.25, -0.2) is 8.78 Å². The highest BCUT2D eigenvalue weighted by molar-refractivity contribution is 5.69. The highest BCUT2D eigenvalue weighted by Crippen LogP contribution is 2.32. The van der Waals surface area contributed by atoms with Crippen LogP contribution in [0.4, 0.5) is 8.78 Å². The van der Waals surface area contributed by atoms with Gasteiger partial charge in [0.2, 0.25) is 0 Å². The molecule has 0 N–H and O–H groups in total. The van der Waals surface area contributed by atoms with Gasteiger partial charge < -0.3 is 4.74 Å². The predicted octanol–water partition coefficient (Wildman–Crippen LogP) is 4.05. The minimum Gasteiger partial charge on any atom is -0.462 e. The lowest BCUT2D eigenvalue weighted by Crippen LogP contribution is -2.26. The molecule has 0 aliphatic heterocycles. The highest BCUT2D eigenvalue weighted by Gasteiger charge is 2.28. The summed E-state index contributed by atoms with van der Waals surface area (Å²) in [7, 11) is 0. The monoisotopic (exact) mass is 270 g/mol. The van der Waals surface area contributed by atoms with Crippen molar-refractivity contribution in [3.8, 4) is 0 Å². The molecule has 0 aromatic heterocycles. The number of hydrogen-bond donors (Lipinski definition) is 0. The van der Waals surface area contributed by atoms with Gasteiger partial charge in [-0.05, 0) is 24.5 Å². The van der Waals surface area contributed by atoms with Gasteiger partial charge in [0, 0.05) is 18.4 Å². The van der Waals surface area contributed by atoms with E-state index in [1.165, 1.54) is 12.1 Å². The Morgan fingerprint density at radius 2 is 1.89 bits per heavy atom. The maximum Gasteiger partial charge on any atom is 0.305 e. The van der Waals surface area contributed by atoms with Crippen LogP contribution in [0.3, 0.4) is 0 Å². The highest BCUT2D eigenvalue weighted by atomic mass is 19.1. The summed E-state index contributed by atoms with van der Waals surface area (Å²) in [6.45, 7) is 7.28. The Morgan fingerprint density at radius 1 is 1.26 bits per heavy atom. The summed E-state index contributed by atoms with van der Waals surface area (Å²) in [5.74, 6) is -1.75. The minimum absolute atomic E-state index is 0.0691. The van der Waals surface area contributed by atoms with E-state index in [9.17, 15) is 13.6 Å². The molecule has 0 saturated carbocycles. The number of benzene rings is 1. The van der Waals surface area contributed by atoms with Crippen LogP contribution in [-0.4, -0.2) is 12.1 Å². The van der Waals surface area contributed by atoms with Crippen molar-refractivity contribution in [2.24, 2.45) is 5.92 Å². The molecule has 1 aromatic rings. The van der Waals surface area contributed by atoms with Crippen molar-refractivity contribution in [1.29, 1.82) is 0 Å². The molecule has 1 aromatic carbocycles. The second kappa shape index (κ2) is 6.64. The van der Waals surface area contributed by atoms with Crippen molar-refractivity contribution >= 4 is 5.97 Å². The molecule has 0 heterocycles. The van der Waals surface area contributed by atoms with Crippen LogP contribution >= 0.6 is 0 Å². The maximum atomic E-state index is 13.9. The van der Waals surface area contributed by atoms with Crippen LogP contribution < -0.4 is 0 Å². The third-order valence-corrected chi connectivity index (χ3v) is 3.15. The fourth-order valence-electron chi connectivity index (χ4n) is 2.29. The van der Waals surface area contributed by atoms with E-state index in [0.29, 0.717) is 5.56 Å². The van der Waals surface area contributed by atoms with Crippen molar-refractivity contribution in [3.05, 3.63) is 35.4 Å². The third-order valence-electron chi connectivity index (χ3n) is 3.15. The summed E-state index contributed by atoms with van der Waals surface area (Å²) < 4.78 is 32.1. The molecule has 0 bridgehead atoms. The molecule has 0 aliphatic carbocycles. The Hall–Kier alpha value is -1.45. The number of halogens is 2. The molecule has 19 heavy (non-hydrogen) atoms. The van der Waals surface area contributed by atoms with Crippen LogP contribution in [-0.2, 0) is 9.53 Å². The SMILES string of the molecule is CCC(=O)OC(C)C(c1ccc(F)cc1F)C(C)C. The topological polar surface area (TPSA) is 26.3 Å². The Kier molecular flexibility index (Phi) is 5.45. The first-order valence-electron chi connectivity index (χ1n) is 6.51. The minimum atomic E-state index is -0.609. The van der Waals surface area contributed by atoms with E-state index in [4.69, 9.17) is 4.74 Å². The van der Waals surface area contributed by atoms with Gasteiger partial charge in [-0.1, -0.05) is 26.8 Å². The van der Waals surface area contributed by atoms with E-state index < -0.39 is 17.7 Å². The van der Waals surface area contributed by atoms with Crippen LogP contribution in [0.5, 0.6) is 0 Å². The first kappa shape index (κ1) is 15.6. The number of hydrogen-bond acceptors (Lipinski definition) is 2. The van der Waals surface area contributed by atoms with Crippen LogP contribution in [0.2, 0.25) is 0 Å². The summed E-state index contributed by atoms with van der Waals surface area (Å²) in [4.78, 5) is 11.3. The molecule has 0 amide bonds. The number of esters is 1. The fraction of sp³-hybridized carbons (Fsp3) is 0.533. The summed E-state index contributed by atoms with van der Waals surface area (Å²) in [6, 6.07) is 3.51. The lowest BCUT2D eigenvalue weighted by atomic mass is 9.84. The average molecular weight is 270 g/mol. The molecule has 0 spiro atoms. The largest absolute Gasteiger partial charge is 0.462 e. The van der Waals surface area contributed by atoms with Crippen molar-refractivity contribution in [3.63, 3.8) is 0 Å². The van der Waals surface area contributed by atoms with E-state index >= 15 is 0 Å². The maximum absolute atomic E-state index is 13.9. The zero-order valence-corrected chi connectivity index (χ0v) is 11.7. The first-order chi connectivity index (χ1) is 8.86. The molecule has 2 nitrogen and oxygen atoms in total. The molecule has 0 fully saturated rings. The predicted molar refractivity (Wildman–Crippen MR) is 69.8 cm³/mol. The fourth-order valence-corrected chi connectivity index (χ4v) is 2.29. The van der Waals surface area contributed by atoms with Crippen molar-refractivity contribution < 1.29 is 18.3 Å². The second-order valence-corrected chi connectivity index (χ2v) is 4.98. The van der Waals surface area contributed by atoms with Crippen LogP contribution in [0.1, 0.15) is 45.6 Å². The van der Waals surface area contributed by atoms with Gasteiger partial charge in [0.25, 0.3) is 0 Å². The van der Waals surface area contributed by atoms with Crippen molar-refractivity contribution in [2.75, 3.05) is 0 Å². The Balaban J connectivity index is 3.03. The molecule has 0 aliphatic rings. The Morgan fingerprint density at radius 3 is 2.37 bits per heavy atom. The van der Waals surface area contributed by atoms with E-state index in [0.717, 1.165) is 6.07 Å². The first-order valence-corrected chi connectivity index (χ1v) is 6.51. The number of carbonyl (C=O) groups excluding carboxylic acids is 1. The van der Waals surface area contributed by atoms with Crippen LogP contribution in [0.25, 0.3) is 0 Å². The zero-order valence-electron chi connectivity index (χ0n) is 11.7. The normalized spacial score (nSPS) is 14.3. The number of ether oxygens (including phenoxy) is 1. The summed E-state index contributed by atoms with van der Waals surface area (Å²) >= 11 is 0. The second-order valence-electron chi connectivity index (χ2n) is 4.98. The van der Waals surface area contributed by atoms with E-state index in [2.05, 4.69) is 0 Å². The summed E-state index contributed by atoms with van der Waals surface area (Å²) in [5.41, 5.74) is 0.382. The Bertz CT molecular complexity index is 444. The zero-order chi connectivity index (χ0) is 14.6. The van der Waals surface area contributed by atoms with Crippen LogP contribution in [0, 0.1) is 17.6 Å². The average Bonchev–Trinajstić information content (AvgIpc) is 2.31. The molecule has 4 heteroatoms. The molecular weight excluding hydrogens is 250 g/mol. The quantitative estimate of drug-likeness (QED) is 0.755. The molecule has 0 saturated heterocycles. The van der Waals surface area contributed by atoms with Gasteiger partial charge in [-0.3, -0.25) is 4.79 Å². The molecular formula is C15H20F2O2. The van der Waals surface area contributed by atoms with Crippen LogP contribution in [0.15, 0.2) is 18.2 Å². The van der Waals surface area contributed by atoms with E-state index in [-0.39, 0.29) is 24.2 Å². The molecule has 2 atom stereocenters. The van der Waals surface area contributed by atoms with Gasteiger partial charge >= 0.3 is 5.97 Å². The smallest absolute Gasteiger partial charge is 0.305 e. The van der Waals surface area contributed by atoms with Gasteiger partial charge in [-0.15, -0.1) is 0 Å². The third kappa shape index (κ3) is 4.01. The standard InChI is InChI=1S/C15H20F2O2/c1-5-14(18)19-10(4)15(9(2)3)12-7-6-11(16)8-13(12)17/h6-10,15H,5H2,1-4H3. The van der Waals surface area contributed by atoms with Crippen molar-refractivity contribution in [1.82, 2.24) is 0 Å². The number of rotatable bonds is 5. The summed E-state index contributed by atoms with van der Waals surface area (Å²) in [5, 5.41) is 0. The Labute approximate surface area is 112 Å². The van der Waals surface area contributed by atoms with Gasteiger partial charge in [0.05, 0.1) is 0 Å². The molecule has 0 radical (unpaired) electrons. The molecule has 106 valence electrons. The lowest BCUT2D eigenvalue weighted by Gasteiger charge is -2.28. The van der Waals surface area contributed by atoms with Gasteiger partial charge in [-0.2, -0.15) is 0 Å². The van der Waals surface area contributed by atoms with E-state index in [1.54, 1.807) is 13.8 Å². The lowest BCUT2D eigenvalue weighted by molar-refractivity contribution is -0.149.